The maximum absolute atomic E-state index is 5.55. The highest BCUT2D eigenvalue weighted by Crippen LogP contribution is 2.12. The van der Waals surface area contributed by atoms with Crippen molar-refractivity contribution >= 4 is 24.8 Å². The zero-order chi connectivity index (χ0) is 13.3. The van der Waals surface area contributed by atoms with E-state index in [1.54, 1.807) is 6.33 Å². The highest BCUT2D eigenvalue weighted by Gasteiger charge is 1.96. The van der Waals surface area contributed by atoms with Gasteiger partial charge in [-0.3, -0.25) is 0 Å². The number of ether oxygens (including phenoxy) is 1. The van der Waals surface area contributed by atoms with Crippen molar-refractivity contribution in [2.24, 2.45) is 0 Å². The number of H-pyrrole nitrogens is 1. The molecule has 118 valence electrons. The molecule has 0 bridgehead atoms. The van der Waals surface area contributed by atoms with Crippen molar-refractivity contribution in [1.82, 2.24) is 15.3 Å². The van der Waals surface area contributed by atoms with Crippen LogP contribution in [0.2, 0.25) is 0 Å². The molecule has 2 N–H and O–H groups in total. The molecule has 1 aromatic carbocycles. The Bertz CT molecular complexity index is 460. The Morgan fingerprint density at radius 2 is 1.95 bits per heavy atom. The van der Waals surface area contributed by atoms with E-state index in [9.17, 15) is 0 Å². The minimum absolute atomic E-state index is 0. The van der Waals surface area contributed by atoms with Crippen molar-refractivity contribution in [2.45, 2.75) is 26.3 Å². The summed E-state index contributed by atoms with van der Waals surface area (Å²) in [5.74, 6) is 0.947. The molecule has 0 amide bonds. The Morgan fingerprint density at radius 3 is 2.57 bits per heavy atom. The minimum Gasteiger partial charge on any atom is -0.494 e. The molecule has 2 rings (SSSR count). The Morgan fingerprint density at radius 1 is 1.19 bits per heavy atom. The number of benzene rings is 1. The SMILES string of the molecule is CCCOc1ccc(CNCCc2cnc[nH]2)cc1.Cl.Cl. The summed E-state index contributed by atoms with van der Waals surface area (Å²) >= 11 is 0. The van der Waals surface area contributed by atoms with E-state index >= 15 is 0 Å². The zero-order valence-corrected chi connectivity index (χ0v) is 13.8. The van der Waals surface area contributed by atoms with Crippen LogP contribution >= 0.6 is 24.8 Å². The van der Waals surface area contributed by atoms with Crippen molar-refractivity contribution in [3.05, 3.63) is 48.0 Å². The third kappa shape index (κ3) is 7.37. The summed E-state index contributed by atoms with van der Waals surface area (Å²) in [5.41, 5.74) is 2.43. The third-order valence-electron chi connectivity index (χ3n) is 2.85. The van der Waals surface area contributed by atoms with Gasteiger partial charge in [-0.15, -0.1) is 24.8 Å². The van der Waals surface area contributed by atoms with E-state index < -0.39 is 0 Å². The van der Waals surface area contributed by atoms with Crippen LogP contribution in [0.15, 0.2) is 36.8 Å². The second-order valence-electron chi connectivity index (χ2n) is 4.50. The quantitative estimate of drug-likeness (QED) is 0.729. The van der Waals surface area contributed by atoms with Gasteiger partial charge in [-0.25, -0.2) is 4.98 Å². The van der Waals surface area contributed by atoms with Crippen LogP contribution in [-0.2, 0) is 13.0 Å². The molecule has 4 nitrogen and oxygen atoms in total. The van der Waals surface area contributed by atoms with Gasteiger partial charge in [-0.1, -0.05) is 19.1 Å². The molecular weight excluding hydrogens is 309 g/mol. The number of nitrogens with zero attached hydrogens (tertiary/aromatic N) is 1. The van der Waals surface area contributed by atoms with E-state index in [1.807, 2.05) is 18.3 Å². The Kier molecular flexibility index (Phi) is 10.8. The summed E-state index contributed by atoms with van der Waals surface area (Å²) in [7, 11) is 0. The third-order valence-corrected chi connectivity index (χ3v) is 2.85. The first kappa shape index (κ1) is 19.8. The van der Waals surface area contributed by atoms with Crippen LogP contribution in [0.1, 0.15) is 24.6 Å². The molecule has 1 aromatic heterocycles. The van der Waals surface area contributed by atoms with Crippen LogP contribution in [0, 0.1) is 0 Å². The van der Waals surface area contributed by atoms with Gasteiger partial charge >= 0.3 is 0 Å². The number of hydrogen-bond donors (Lipinski definition) is 2. The van der Waals surface area contributed by atoms with E-state index in [1.165, 1.54) is 5.56 Å². The molecule has 0 saturated heterocycles. The molecule has 0 spiro atoms. The molecule has 21 heavy (non-hydrogen) atoms. The van der Waals surface area contributed by atoms with E-state index in [2.05, 4.69) is 34.3 Å². The molecule has 6 heteroatoms. The van der Waals surface area contributed by atoms with Crippen molar-refractivity contribution in [1.29, 1.82) is 0 Å². The van der Waals surface area contributed by atoms with Gasteiger partial charge in [0.1, 0.15) is 5.75 Å². The lowest BCUT2D eigenvalue weighted by Crippen LogP contribution is -2.16. The number of nitrogens with one attached hydrogen (secondary N) is 2. The molecule has 2 aromatic rings. The summed E-state index contributed by atoms with van der Waals surface area (Å²) in [6, 6.07) is 8.27. The zero-order valence-electron chi connectivity index (χ0n) is 12.2. The van der Waals surface area contributed by atoms with Crippen LogP contribution in [0.5, 0.6) is 5.75 Å². The lowest BCUT2D eigenvalue weighted by molar-refractivity contribution is 0.317. The van der Waals surface area contributed by atoms with E-state index in [-0.39, 0.29) is 24.8 Å². The van der Waals surface area contributed by atoms with Crippen molar-refractivity contribution in [3.63, 3.8) is 0 Å². The molecule has 0 saturated carbocycles. The molecular formula is C15H23Cl2N3O. The van der Waals surface area contributed by atoms with Gasteiger partial charge in [-0.2, -0.15) is 0 Å². The van der Waals surface area contributed by atoms with Crippen LogP contribution < -0.4 is 10.1 Å². The minimum atomic E-state index is 0. The number of halogens is 2. The number of rotatable bonds is 8. The summed E-state index contributed by atoms with van der Waals surface area (Å²) < 4.78 is 5.55. The predicted molar refractivity (Wildman–Crippen MR) is 90.7 cm³/mol. The first-order valence-corrected chi connectivity index (χ1v) is 6.78. The lowest BCUT2D eigenvalue weighted by Gasteiger charge is -2.07. The van der Waals surface area contributed by atoms with Crippen LogP contribution in [0.3, 0.4) is 0 Å². The number of aromatic amines is 1. The Labute approximate surface area is 138 Å². The highest BCUT2D eigenvalue weighted by atomic mass is 35.5. The average molecular weight is 332 g/mol. The lowest BCUT2D eigenvalue weighted by atomic mass is 10.2. The first-order chi connectivity index (χ1) is 9.38. The molecule has 0 aliphatic rings. The van der Waals surface area contributed by atoms with Gasteiger partial charge < -0.3 is 15.0 Å². The van der Waals surface area contributed by atoms with E-state index in [4.69, 9.17) is 4.74 Å². The normalized spacial score (nSPS) is 9.57. The smallest absolute Gasteiger partial charge is 0.119 e. The van der Waals surface area contributed by atoms with Crippen molar-refractivity contribution in [2.75, 3.05) is 13.2 Å². The monoisotopic (exact) mass is 331 g/mol. The van der Waals surface area contributed by atoms with Gasteiger partial charge in [0.2, 0.25) is 0 Å². The molecule has 0 fully saturated rings. The highest BCUT2D eigenvalue weighted by molar-refractivity contribution is 5.85. The van der Waals surface area contributed by atoms with Gasteiger partial charge in [0.15, 0.2) is 0 Å². The van der Waals surface area contributed by atoms with Crippen LogP contribution in [0.4, 0.5) is 0 Å². The summed E-state index contributed by atoms with van der Waals surface area (Å²) in [5, 5.41) is 3.41. The molecule has 1 heterocycles. The van der Waals surface area contributed by atoms with Gasteiger partial charge in [0.25, 0.3) is 0 Å². The maximum Gasteiger partial charge on any atom is 0.119 e. The van der Waals surface area contributed by atoms with Crippen LogP contribution in [0.25, 0.3) is 0 Å². The largest absolute Gasteiger partial charge is 0.494 e. The van der Waals surface area contributed by atoms with Crippen molar-refractivity contribution in [3.8, 4) is 5.75 Å². The second kappa shape index (κ2) is 11.4. The summed E-state index contributed by atoms with van der Waals surface area (Å²) in [6.45, 7) is 4.71. The van der Waals surface area contributed by atoms with E-state index in [0.717, 1.165) is 44.0 Å². The first-order valence-electron chi connectivity index (χ1n) is 6.78. The molecule has 0 radical (unpaired) electrons. The Balaban J connectivity index is 0.00000200. The van der Waals surface area contributed by atoms with Gasteiger partial charge in [-0.05, 0) is 24.1 Å². The fourth-order valence-electron chi connectivity index (χ4n) is 1.80. The molecule has 0 aliphatic heterocycles. The van der Waals surface area contributed by atoms with Gasteiger partial charge in [0, 0.05) is 31.4 Å². The summed E-state index contributed by atoms with van der Waals surface area (Å²) in [6.07, 6.45) is 5.58. The number of aromatic nitrogens is 2. The number of imidazole rings is 1. The fourth-order valence-corrected chi connectivity index (χ4v) is 1.80. The summed E-state index contributed by atoms with van der Waals surface area (Å²) in [4.78, 5) is 7.09. The maximum atomic E-state index is 5.55. The second-order valence-corrected chi connectivity index (χ2v) is 4.50. The van der Waals surface area contributed by atoms with Gasteiger partial charge in [0.05, 0.1) is 12.9 Å². The predicted octanol–water partition coefficient (Wildman–Crippen LogP) is 3.37. The van der Waals surface area contributed by atoms with E-state index in [0.29, 0.717) is 0 Å². The molecule has 0 aliphatic carbocycles. The standard InChI is InChI=1S/C15H21N3O.2ClH/c1-2-9-19-15-5-3-13(4-6-15)10-16-8-7-14-11-17-12-18-14;;/h3-6,11-12,16H,2,7-10H2,1H3,(H,17,18);2*1H. The average Bonchev–Trinajstić information content (AvgIpc) is 2.96. The topological polar surface area (TPSA) is 49.9 Å². The van der Waals surface area contributed by atoms with Crippen molar-refractivity contribution < 1.29 is 4.74 Å². The molecule has 0 unspecified atom stereocenters. The van der Waals surface area contributed by atoms with Crippen LogP contribution in [-0.4, -0.2) is 23.1 Å². The number of hydrogen-bond acceptors (Lipinski definition) is 3. The molecule has 0 atom stereocenters. The Hall–Kier alpha value is -1.23. The fraction of sp³-hybridized carbons (Fsp3) is 0.400.